The molecule has 4 rings (SSSR count). The Morgan fingerprint density at radius 1 is 1.19 bits per heavy atom. The lowest BCUT2D eigenvalue weighted by molar-refractivity contribution is -0.286. The van der Waals surface area contributed by atoms with E-state index in [4.69, 9.17) is 0 Å². The summed E-state index contributed by atoms with van der Waals surface area (Å²) in [6, 6.07) is 5.85. The van der Waals surface area contributed by atoms with Gasteiger partial charge < -0.3 is 14.8 Å². The van der Waals surface area contributed by atoms with Crippen LogP contribution in [0.5, 0.6) is 11.5 Å². The number of rotatable bonds is 3. The van der Waals surface area contributed by atoms with Crippen LogP contribution in [0.2, 0.25) is 0 Å². The minimum atomic E-state index is -3.70. The van der Waals surface area contributed by atoms with Gasteiger partial charge in [0.25, 0.3) is 5.91 Å². The molecule has 0 fully saturated rings. The molecule has 3 aromatic rings. The normalized spacial score (nSPS) is 14.8. The van der Waals surface area contributed by atoms with E-state index in [1.807, 2.05) is 13.8 Å². The molecule has 1 aliphatic rings. The zero-order valence-electron chi connectivity index (χ0n) is 13.9. The maximum atomic E-state index is 13.1. The van der Waals surface area contributed by atoms with Gasteiger partial charge in [0.15, 0.2) is 17.1 Å². The molecule has 1 amide bonds. The van der Waals surface area contributed by atoms with Crippen LogP contribution >= 0.6 is 0 Å². The van der Waals surface area contributed by atoms with Crippen molar-refractivity contribution < 1.29 is 23.0 Å². The van der Waals surface area contributed by atoms with Crippen LogP contribution in [-0.2, 0) is 0 Å². The Balaban J connectivity index is 1.57. The fourth-order valence-electron chi connectivity index (χ4n) is 2.67. The molecule has 3 heterocycles. The number of nitrogens with one attached hydrogen (secondary N) is 1. The molecule has 1 aromatic carbocycles. The topological polar surface area (TPSA) is 78.3 Å². The summed E-state index contributed by atoms with van der Waals surface area (Å²) in [5, 5.41) is 7.61. The van der Waals surface area contributed by atoms with E-state index in [1.165, 1.54) is 24.4 Å². The van der Waals surface area contributed by atoms with Crippen LogP contribution in [0.1, 0.15) is 30.2 Å². The Labute approximate surface area is 146 Å². The second-order valence-electron chi connectivity index (χ2n) is 6.10. The van der Waals surface area contributed by atoms with Crippen molar-refractivity contribution in [2.24, 2.45) is 0 Å². The van der Waals surface area contributed by atoms with Gasteiger partial charge in [-0.15, -0.1) is 8.78 Å². The molecule has 1 aliphatic heterocycles. The van der Waals surface area contributed by atoms with Crippen molar-refractivity contribution in [1.82, 2.24) is 14.8 Å². The summed E-state index contributed by atoms with van der Waals surface area (Å²) in [5.41, 5.74) is 1.30. The fourth-order valence-corrected chi connectivity index (χ4v) is 2.67. The molecule has 0 radical (unpaired) electrons. The SMILES string of the molecule is CC(C)n1ncc2cc(C(=O)Nc3ccc4c(c3)OC(F)(F)O4)cnc21. The Hall–Kier alpha value is -3.23. The first-order valence-electron chi connectivity index (χ1n) is 7.87. The number of hydrogen-bond acceptors (Lipinski definition) is 5. The summed E-state index contributed by atoms with van der Waals surface area (Å²) in [5.74, 6) is -0.654. The summed E-state index contributed by atoms with van der Waals surface area (Å²) < 4.78 is 36.6. The maximum absolute atomic E-state index is 13.1. The number of alkyl halides is 2. The lowest BCUT2D eigenvalue weighted by Crippen LogP contribution is -2.25. The van der Waals surface area contributed by atoms with Gasteiger partial charge in [0.05, 0.1) is 11.8 Å². The Morgan fingerprint density at radius 3 is 2.73 bits per heavy atom. The third kappa shape index (κ3) is 2.81. The summed E-state index contributed by atoms with van der Waals surface area (Å²) in [6.07, 6.45) is -0.613. The molecule has 0 saturated carbocycles. The van der Waals surface area contributed by atoms with E-state index in [2.05, 4.69) is 24.9 Å². The highest BCUT2D eigenvalue weighted by atomic mass is 19.3. The van der Waals surface area contributed by atoms with Gasteiger partial charge in [0, 0.05) is 29.4 Å². The van der Waals surface area contributed by atoms with Gasteiger partial charge >= 0.3 is 6.29 Å². The van der Waals surface area contributed by atoms with E-state index >= 15 is 0 Å². The molecule has 0 bridgehead atoms. The first-order chi connectivity index (χ1) is 12.3. The number of nitrogens with zero attached hydrogens (tertiary/aromatic N) is 3. The van der Waals surface area contributed by atoms with Crippen molar-refractivity contribution >= 4 is 22.6 Å². The van der Waals surface area contributed by atoms with E-state index < -0.39 is 12.2 Å². The molecule has 0 aliphatic carbocycles. The predicted octanol–water partition coefficient (Wildman–Crippen LogP) is 3.59. The van der Waals surface area contributed by atoms with Crippen molar-refractivity contribution in [3.63, 3.8) is 0 Å². The third-order valence-electron chi connectivity index (χ3n) is 3.84. The molecule has 26 heavy (non-hydrogen) atoms. The zero-order chi connectivity index (χ0) is 18.5. The average Bonchev–Trinajstić information content (AvgIpc) is 3.12. The van der Waals surface area contributed by atoms with E-state index in [-0.39, 0.29) is 17.5 Å². The standard InChI is InChI=1S/C17H14F2N4O3/c1-9(2)23-15-10(8-21-23)5-11(7-20-15)16(24)22-12-3-4-13-14(6-12)26-17(18,19)25-13/h3-9H,1-2H3,(H,22,24). The van der Waals surface area contributed by atoms with Gasteiger partial charge in [-0.1, -0.05) is 0 Å². The average molecular weight is 360 g/mol. The van der Waals surface area contributed by atoms with E-state index in [0.29, 0.717) is 16.9 Å². The van der Waals surface area contributed by atoms with Gasteiger partial charge in [-0.25, -0.2) is 9.67 Å². The number of carbonyl (C=O) groups excluding carboxylic acids is 1. The molecule has 0 saturated heterocycles. The lowest BCUT2D eigenvalue weighted by Gasteiger charge is -2.08. The highest BCUT2D eigenvalue weighted by molar-refractivity contribution is 6.05. The number of aromatic nitrogens is 3. The largest absolute Gasteiger partial charge is 0.586 e. The van der Waals surface area contributed by atoms with Gasteiger partial charge in [0.2, 0.25) is 0 Å². The van der Waals surface area contributed by atoms with Crippen molar-refractivity contribution in [2.45, 2.75) is 26.2 Å². The van der Waals surface area contributed by atoms with Crippen LogP contribution in [-0.4, -0.2) is 27.0 Å². The summed E-state index contributed by atoms with van der Waals surface area (Å²) >= 11 is 0. The van der Waals surface area contributed by atoms with Crippen molar-refractivity contribution in [3.8, 4) is 11.5 Å². The second-order valence-corrected chi connectivity index (χ2v) is 6.10. The van der Waals surface area contributed by atoms with Crippen molar-refractivity contribution in [2.75, 3.05) is 5.32 Å². The van der Waals surface area contributed by atoms with Crippen LogP contribution in [0.4, 0.5) is 14.5 Å². The van der Waals surface area contributed by atoms with Gasteiger partial charge in [-0.3, -0.25) is 4.79 Å². The number of benzene rings is 1. The maximum Gasteiger partial charge on any atom is 0.586 e. The van der Waals surface area contributed by atoms with E-state index in [9.17, 15) is 13.6 Å². The molecule has 0 spiro atoms. The molecule has 1 N–H and O–H groups in total. The molecule has 9 heteroatoms. The summed E-state index contributed by atoms with van der Waals surface area (Å²) in [7, 11) is 0. The predicted molar refractivity (Wildman–Crippen MR) is 88.5 cm³/mol. The Bertz CT molecular complexity index is 1020. The number of carbonyl (C=O) groups is 1. The van der Waals surface area contributed by atoms with E-state index in [1.54, 1.807) is 16.9 Å². The number of amides is 1. The lowest BCUT2D eigenvalue weighted by atomic mass is 10.2. The smallest absolute Gasteiger partial charge is 0.395 e. The van der Waals surface area contributed by atoms with Crippen LogP contribution < -0.4 is 14.8 Å². The van der Waals surface area contributed by atoms with Crippen LogP contribution in [0.3, 0.4) is 0 Å². The van der Waals surface area contributed by atoms with Gasteiger partial charge in [-0.05, 0) is 32.0 Å². The fraction of sp³-hybridized carbons (Fsp3) is 0.235. The van der Waals surface area contributed by atoms with Crippen LogP contribution in [0.25, 0.3) is 11.0 Å². The van der Waals surface area contributed by atoms with E-state index in [0.717, 1.165) is 5.39 Å². The number of hydrogen-bond donors (Lipinski definition) is 1. The number of pyridine rings is 1. The Morgan fingerprint density at radius 2 is 1.96 bits per heavy atom. The molecule has 0 unspecified atom stereocenters. The monoisotopic (exact) mass is 360 g/mol. The van der Waals surface area contributed by atoms with Crippen LogP contribution in [0.15, 0.2) is 36.7 Å². The number of fused-ring (bicyclic) bond motifs is 2. The van der Waals surface area contributed by atoms with Crippen molar-refractivity contribution in [1.29, 1.82) is 0 Å². The van der Waals surface area contributed by atoms with Gasteiger partial charge in [-0.2, -0.15) is 5.10 Å². The van der Waals surface area contributed by atoms with Crippen LogP contribution in [0, 0.1) is 0 Å². The quantitative estimate of drug-likeness (QED) is 0.772. The first-order valence-corrected chi connectivity index (χ1v) is 7.87. The number of ether oxygens (including phenoxy) is 2. The Kier molecular flexibility index (Phi) is 3.53. The zero-order valence-corrected chi connectivity index (χ0v) is 13.9. The number of anilines is 1. The van der Waals surface area contributed by atoms with Gasteiger partial charge in [0.1, 0.15) is 0 Å². The molecular formula is C17H14F2N4O3. The van der Waals surface area contributed by atoms with Crippen molar-refractivity contribution in [3.05, 3.63) is 42.2 Å². The first kappa shape index (κ1) is 16.2. The highest BCUT2D eigenvalue weighted by Gasteiger charge is 2.43. The molecule has 7 nitrogen and oxygen atoms in total. The molecular weight excluding hydrogens is 346 g/mol. The minimum absolute atomic E-state index is 0.0859. The molecule has 134 valence electrons. The minimum Gasteiger partial charge on any atom is -0.395 e. The number of halogens is 2. The third-order valence-corrected chi connectivity index (χ3v) is 3.84. The second kappa shape index (κ2) is 5.65. The molecule has 0 atom stereocenters. The summed E-state index contributed by atoms with van der Waals surface area (Å²) in [4.78, 5) is 16.7. The highest BCUT2D eigenvalue weighted by Crippen LogP contribution is 2.42. The molecule has 2 aromatic heterocycles. The summed E-state index contributed by atoms with van der Waals surface area (Å²) in [6.45, 7) is 3.97.